The first-order chi connectivity index (χ1) is 6.80. The summed E-state index contributed by atoms with van der Waals surface area (Å²) < 4.78 is 15.1. The van der Waals surface area contributed by atoms with Crippen molar-refractivity contribution in [3.63, 3.8) is 0 Å². The van der Waals surface area contributed by atoms with Crippen molar-refractivity contribution < 1.29 is 19.0 Å². The summed E-state index contributed by atoms with van der Waals surface area (Å²) in [6, 6.07) is 5.38. The van der Waals surface area contributed by atoms with Gasteiger partial charge in [-0.1, -0.05) is 0 Å². The molecule has 78 valence electrons. The lowest BCUT2D eigenvalue weighted by Crippen LogP contribution is -1.89. The minimum Gasteiger partial charge on any atom is -0.496 e. The minimum atomic E-state index is 0.728. The normalized spacial score (nSPS) is 8.21. The summed E-state index contributed by atoms with van der Waals surface area (Å²) in [7, 11) is 4.82. The highest BCUT2D eigenvalue weighted by atomic mass is 16.5. The lowest BCUT2D eigenvalue weighted by molar-refractivity contribution is -0.0979. The Morgan fingerprint density at radius 1 is 0.786 bits per heavy atom. The zero-order valence-electron chi connectivity index (χ0n) is 8.57. The van der Waals surface area contributed by atoms with E-state index in [2.05, 4.69) is 0 Å². The first-order valence-corrected chi connectivity index (χ1v) is 3.86. The van der Waals surface area contributed by atoms with Crippen LogP contribution in [0.25, 0.3) is 0 Å². The molecule has 0 heterocycles. The summed E-state index contributed by atoms with van der Waals surface area (Å²) in [5.74, 6) is 2.18. The number of ether oxygens (including phenoxy) is 3. The fraction of sp³-hybridized carbons (Fsp3) is 0.300. The van der Waals surface area contributed by atoms with Crippen molar-refractivity contribution in [1.82, 2.24) is 0 Å². The molecule has 0 amide bonds. The van der Waals surface area contributed by atoms with Crippen LogP contribution in [0.3, 0.4) is 0 Å². The predicted molar refractivity (Wildman–Crippen MR) is 53.2 cm³/mol. The summed E-state index contributed by atoms with van der Waals surface area (Å²) in [6.07, 6.45) is 0. The van der Waals surface area contributed by atoms with E-state index in [1.165, 1.54) is 0 Å². The SMILES string of the molecule is C=O.COc1cc(OC)cc(OC)c1. The van der Waals surface area contributed by atoms with Crippen LogP contribution < -0.4 is 14.2 Å². The van der Waals surface area contributed by atoms with E-state index in [0.717, 1.165) is 17.2 Å². The Morgan fingerprint density at radius 2 is 1.00 bits per heavy atom. The van der Waals surface area contributed by atoms with Crippen molar-refractivity contribution >= 4 is 6.79 Å². The van der Waals surface area contributed by atoms with Crippen molar-refractivity contribution in [1.29, 1.82) is 0 Å². The van der Waals surface area contributed by atoms with Gasteiger partial charge in [0.1, 0.15) is 24.0 Å². The third-order valence-corrected chi connectivity index (χ3v) is 1.56. The van der Waals surface area contributed by atoms with E-state index in [4.69, 9.17) is 19.0 Å². The molecule has 1 aromatic carbocycles. The third-order valence-electron chi connectivity index (χ3n) is 1.56. The number of methoxy groups -OCH3 is 3. The van der Waals surface area contributed by atoms with Gasteiger partial charge in [0.25, 0.3) is 0 Å². The number of rotatable bonds is 3. The van der Waals surface area contributed by atoms with Crippen molar-refractivity contribution in [3.05, 3.63) is 18.2 Å². The monoisotopic (exact) mass is 198 g/mol. The Labute approximate surface area is 83.4 Å². The molecule has 14 heavy (non-hydrogen) atoms. The molecular weight excluding hydrogens is 184 g/mol. The maximum atomic E-state index is 8.00. The number of carbonyl (C=O) groups is 1. The molecule has 0 saturated heterocycles. The van der Waals surface area contributed by atoms with Gasteiger partial charge in [0.05, 0.1) is 21.3 Å². The molecule has 0 spiro atoms. The third kappa shape index (κ3) is 3.35. The molecule has 1 rings (SSSR count). The molecule has 0 aliphatic carbocycles. The summed E-state index contributed by atoms with van der Waals surface area (Å²) >= 11 is 0. The molecule has 0 fully saturated rings. The Bertz CT molecular complexity index is 218. The van der Waals surface area contributed by atoms with Crippen molar-refractivity contribution in [2.45, 2.75) is 0 Å². The second kappa shape index (κ2) is 6.77. The minimum absolute atomic E-state index is 0.728. The molecule has 0 aliphatic rings. The Kier molecular flexibility index (Phi) is 5.94. The molecule has 0 aromatic heterocycles. The first kappa shape index (κ1) is 12.3. The number of carbonyl (C=O) groups excluding carboxylic acids is 1. The van der Waals surface area contributed by atoms with Gasteiger partial charge >= 0.3 is 0 Å². The molecule has 4 heteroatoms. The Morgan fingerprint density at radius 3 is 1.14 bits per heavy atom. The van der Waals surface area contributed by atoms with Gasteiger partial charge in [0.2, 0.25) is 0 Å². The van der Waals surface area contributed by atoms with E-state index < -0.39 is 0 Å². The molecule has 1 aromatic rings. The molecule has 0 N–H and O–H groups in total. The quantitative estimate of drug-likeness (QED) is 0.738. The van der Waals surface area contributed by atoms with Crippen LogP contribution in [0.2, 0.25) is 0 Å². The highest BCUT2D eigenvalue weighted by molar-refractivity contribution is 5.41. The van der Waals surface area contributed by atoms with Crippen LogP contribution in [-0.2, 0) is 4.79 Å². The fourth-order valence-electron chi connectivity index (χ4n) is 0.899. The van der Waals surface area contributed by atoms with Crippen molar-refractivity contribution in [2.24, 2.45) is 0 Å². The predicted octanol–water partition coefficient (Wildman–Crippen LogP) is 1.53. The average Bonchev–Trinajstić information content (AvgIpc) is 2.30. The second-order valence-electron chi connectivity index (χ2n) is 2.25. The van der Waals surface area contributed by atoms with Crippen LogP contribution in [-0.4, -0.2) is 28.1 Å². The second-order valence-corrected chi connectivity index (χ2v) is 2.25. The van der Waals surface area contributed by atoms with Crippen LogP contribution in [0, 0.1) is 0 Å². The maximum Gasteiger partial charge on any atom is 0.126 e. The standard InChI is InChI=1S/C9H12O3.CH2O/c1-10-7-4-8(11-2)6-9(5-7)12-3;1-2/h4-6H,1-3H3;1H2. The highest BCUT2D eigenvalue weighted by Crippen LogP contribution is 2.26. The van der Waals surface area contributed by atoms with E-state index in [0.29, 0.717) is 0 Å². The highest BCUT2D eigenvalue weighted by Gasteiger charge is 2.00. The summed E-state index contributed by atoms with van der Waals surface area (Å²) in [6.45, 7) is 2.00. The van der Waals surface area contributed by atoms with Gasteiger partial charge in [-0.25, -0.2) is 0 Å². The summed E-state index contributed by atoms with van der Waals surface area (Å²) in [5.41, 5.74) is 0. The zero-order chi connectivity index (χ0) is 11.0. The van der Waals surface area contributed by atoms with Crippen LogP contribution >= 0.6 is 0 Å². The average molecular weight is 198 g/mol. The molecule has 0 unspecified atom stereocenters. The molecule has 0 atom stereocenters. The molecule has 0 saturated carbocycles. The van der Waals surface area contributed by atoms with Crippen molar-refractivity contribution in [3.8, 4) is 17.2 Å². The van der Waals surface area contributed by atoms with Crippen LogP contribution in [0.15, 0.2) is 18.2 Å². The van der Waals surface area contributed by atoms with Crippen LogP contribution in [0.4, 0.5) is 0 Å². The van der Waals surface area contributed by atoms with Gasteiger partial charge in [-0.3, -0.25) is 0 Å². The summed E-state index contributed by atoms with van der Waals surface area (Å²) in [5, 5.41) is 0. The Balaban J connectivity index is 0.000000791. The first-order valence-electron chi connectivity index (χ1n) is 3.86. The topological polar surface area (TPSA) is 44.8 Å². The number of hydrogen-bond donors (Lipinski definition) is 0. The van der Waals surface area contributed by atoms with Gasteiger partial charge in [0.15, 0.2) is 0 Å². The Hall–Kier alpha value is -1.71. The molecule has 4 nitrogen and oxygen atoms in total. The smallest absolute Gasteiger partial charge is 0.126 e. The van der Waals surface area contributed by atoms with Gasteiger partial charge in [-0.05, 0) is 0 Å². The fourth-order valence-corrected chi connectivity index (χ4v) is 0.899. The van der Waals surface area contributed by atoms with Crippen LogP contribution in [0.5, 0.6) is 17.2 Å². The van der Waals surface area contributed by atoms with Crippen LogP contribution in [0.1, 0.15) is 0 Å². The molecular formula is C10H14O4. The van der Waals surface area contributed by atoms with E-state index in [9.17, 15) is 0 Å². The van der Waals surface area contributed by atoms with E-state index in [1.54, 1.807) is 39.5 Å². The number of hydrogen-bond acceptors (Lipinski definition) is 4. The molecule has 0 aliphatic heterocycles. The zero-order valence-corrected chi connectivity index (χ0v) is 8.57. The van der Waals surface area contributed by atoms with Gasteiger partial charge < -0.3 is 19.0 Å². The van der Waals surface area contributed by atoms with E-state index in [-0.39, 0.29) is 0 Å². The summed E-state index contributed by atoms with van der Waals surface area (Å²) in [4.78, 5) is 8.00. The lowest BCUT2D eigenvalue weighted by atomic mass is 10.3. The molecule has 0 radical (unpaired) electrons. The van der Waals surface area contributed by atoms with E-state index in [1.807, 2.05) is 6.79 Å². The van der Waals surface area contributed by atoms with Gasteiger partial charge in [-0.2, -0.15) is 0 Å². The van der Waals surface area contributed by atoms with Gasteiger partial charge in [0, 0.05) is 18.2 Å². The van der Waals surface area contributed by atoms with E-state index >= 15 is 0 Å². The van der Waals surface area contributed by atoms with Crippen molar-refractivity contribution in [2.75, 3.05) is 21.3 Å². The van der Waals surface area contributed by atoms with Gasteiger partial charge in [-0.15, -0.1) is 0 Å². The lowest BCUT2D eigenvalue weighted by Gasteiger charge is -2.06. The largest absolute Gasteiger partial charge is 0.496 e. The molecule has 0 bridgehead atoms. The maximum absolute atomic E-state index is 8.00. The number of benzene rings is 1.